The van der Waals surface area contributed by atoms with Crippen molar-refractivity contribution in [2.45, 2.75) is 45.7 Å². The van der Waals surface area contributed by atoms with Crippen LogP contribution in [0, 0.1) is 5.92 Å². The van der Waals surface area contributed by atoms with Gasteiger partial charge >= 0.3 is 5.97 Å². The number of carboxylic acid groups (broad SMARTS) is 1. The third kappa shape index (κ3) is 4.59. The van der Waals surface area contributed by atoms with E-state index in [0.717, 1.165) is 0 Å². The van der Waals surface area contributed by atoms with Crippen LogP contribution in [-0.2, 0) is 16.1 Å². The van der Waals surface area contributed by atoms with Crippen LogP contribution in [0.4, 0.5) is 0 Å². The van der Waals surface area contributed by atoms with Gasteiger partial charge < -0.3 is 16.2 Å². The highest BCUT2D eigenvalue weighted by atomic mass is 16.4. The minimum Gasteiger partial charge on any atom is -0.481 e. The van der Waals surface area contributed by atoms with E-state index in [1.54, 1.807) is 13.8 Å². The Morgan fingerprint density at radius 2 is 2.00 bits per heavy atom. The van der Waals surface area contributed by atoms with E-state index in [1.165, 1.54) is 4.68 Å². The van der Waals surface area contributed by atoms with Crippen molar-refractivity contribution in [2.24, 2.45) is 11.7 Å². The van der Waals surface area contributed by atoms with Gasteiger partial charge in [-0.1, -0.05) is 32.0 Å². The third-order valence-electron chi connectivity index (χ3n) is 3.87. The molecule has 0 radical (unpaired) electrons. The van der Waals surface area contributed by atoms with Crippen molar-refractivity contribution in [1.29, 1.82) is 0 Å². The number of carboxylic acids is 1. The van der Waals surface area contributed by atoms with E-state index in [2.05, 4.69) is 10.4 Å². The van der Waals surface area contributed by atoms with Crippen molar-refractivity contribution >= 4 is 28.7 Å². The summed E-state index contributed by atoms with van der Waals surface area (Å²) in [6.07, 6.45) is 0.655. The number of fused-ring (bicyclic) bond motifs is 1. The summed E-state index contributed by atoms with van der Waals surface area (Å²) in [4.78, 5) is 35.2. The lowest BCUT2D eigenvalue weighted by Crippen LogP contribution is -2.47. The predicted octanol–water partition coefficient (Wildman–Crippen LogP) is 1.53. The molecular formula is C18H24N4O4. The molecule has 140 valence electrons. The molecule has 1 atom stereocenters. The second-order valence-corrected chi connectivity index (χ2v) is 6.24. The lowest BCUT2D eigenvalue weighted by molar-refractivity contribution is -0.137. The highest BCUT2D eigenvalue weighted by Gasteiger charge is 2.25. The number of primary amides is 1. The summed E-state index contributed by atoms with van der Waals surface area (Å²) in [5, 5.41) is 15.4. The molecule has 0 spiro atoms. The fourth-order valence-corrected chi connectivity index (χ4v) is 2.53. The number of nitrogens with two attached hydrogens (primary N) is 1. The largest absolute Gasteiger partial charge is 0.481 e. The predicted molar refractivity (Wildman–Crippen MR) is 96.5 cm³/mol. The number of aromatic nitrogens is 2. The molecular weight excluding hydrogens is 336 g/mol. The summed E-state index contributed by atoms with van der Waals surface area (Å²) in [6, 6.07) is -2.74. The Hall–Kier alpha value is -2.90. The molecule has 2 aromatic rings. The van der Waals surface area contributed by atoms with Gasteiger partial charge in [0.1, 0.15) is 6.04 Å². The molecule has 1 aromatic heterocycles. The van der Waals surface area contributed by atoms with Gasteiger partial charge in [0, 0.05) is 18.4 Å². The molecule has 1 aromatic carbocycles. The number of rotatable bonds is 9. The number of aliphatic carboxylic acids is 1. The number of carbonyl (C=O) groups excluding carboxylic acids is 2. The van der Waals surface area contributed by atoms with Crippen LogP contribution in [0.5, 0.6) is 0 Å². The number of aryl methyl sites for hydroxylation is 1. The van der Waals surface area contributed by atoms with Crippen LogP contribution < -0.4 is 11.1 Å². The molecule has 0 saturated heterocycles. The van der Waals surface area contributed by atoms with Crippen molar-refractivity contribution in [3.8, 4) is 0 Å². The Morgan fingerprint density at radius 3 is 2.62 bits per heavy atom. The van der Waals surface area contributed by atoms with E-state index in [1.807, 2.05) is 0 Å². The van der Waals surface area contributed by atoms with Crippen LogP contribution in [0.15, 0.2) is 24.2 Å². The maximum absolute atomic E-state index is 12.8. The summed E-state index contributed by atoms with van der Waals surface area (Å²) in [5.74, 6) is -2.78. The van der Waals surface area contributed by atoms with Crippen molar-refractivity contribution in [1.82, 2.24) is 15.1 Å². The van der Waals surface area contributed by atoms with Crippen LogP contribution >= 0.6 is 0 Å². The van der Waals surface area contributed by atoms with Gasteiger partial charge in [-0.05, 0) is 24.8 Å². The standard InChI is InChI=1S/C18H24N4O4/c1-11(2)15(17(19)25)20-18(26)16-12-7-3-4-8-13(12)22(21-16)10-6-5-9-14(23)24/h3-4,7-8,11,15H,5-6,9-10H2,1-2H3,(H2,19,25)(H,20,26)(H,23,24)/t15-/m0/s1/i3D,4D,7D,8D. The zero-order valence-corrected chi connectivity index (χ0v) is 14.6. The monoisotopic (exact) mass is 364 g/mol. The third-order valence-corrected chi connectivity index (χ3v) is 3.87. The second-order valence-electron chi connectivity index (χ2n) is 6.24. The summed E-state index contributed by atoms with van der Waals surface area (Å²) >= 11 is 0. The zero-order chi connectivity index (χ0) is 22.7. The average molecular weight is 364 g/mol. The smallest absolute Gasteiger partial charge is 0.303 e. The van der Waals surface area contributed by atoms with Crippen LogP contribution in [0.3, 0.4) is 0 Å². The number of para-hydroxylation sites is 1. The van der Waals surface area contributed by atoms with Gasteiger partial charge in [0.25, 0.3) is 5.91 Å². The van der Waals surface area contributed by atoms with Gasteiger partial charge in [0.2, 0.25) is 5.91 Å². The molecule has 0 aliphatic carbocycles. The fourth-order valence-electron chi connectivity index (χ4n) is 2.53. The highest BCUT2D eigenvalue weighted by Crippen LogP contribution is 2.19. The first-order chi connectivity index (χ1) is 14.0. The molecule has 4 N–H and O–H groups in total. The molecule has 0 aliphatic rings. The number of nitrogens with zero attached hydrogens (tertiary/aromatic N) is 2. The molecule has 0 saturated carbocycles. The average Bonchev–Trinajstić information content (AvgIpc) is 3.05. The maximum atomic E-state index is 12.8. The molecule has 26 heavy (non-hydrogen) atoms. The number of unbranched alkanes of at least 4 members (excludes halogenated alkanes) is 1. The molecule has 8 heteroatoms. The number of amides is 2. The summed E-state index contributed by atoms with van der Waals surface area (Å²) in [7, 11) is 0. The Bertz CT molecular complexity index is 1010. The minimum atomic E-state index is -0.983. The Balaban J connectivity index is 2.54. The number of hydrogen-bond acceptors (Lipinski definition) is 4. The summed E-state index contributed by atoms with van der Waals surface area (Å²) in [6.45, 7) is 3.55. The normalized spacial score (nSPS) is 14.4. The highest BCUT2D eigenvalue weighted by molar-refractivity contribution is 6.06. The first-order valence-electron chi connectivity index (χ1n) is 10.3. The Morgan fingerprint density at radius 1 is 1.31 bits per heavy atom. The van der Waals surface area contributed by atoms with E-state index in [-0.39, 0.29) is 41.5 Å². The Kier molecular flexibility index (Phi) is 4.65. The van der Waals surface area contributed by atoms with Crippen LogP contribution in [0.1, 0.15) is 49.1 Å². The van der Waals surface area contributed by atoms with Gasteiger partial charge in [-0.2, -0.15) is 5.10 Å². The number of hydrogen-bond donors (Lipinski definition) is 3. The van der Waals surface area contributed by atoms with Crippen LogP contribution in [0.2, 0.25) is 0 Å². The number of carbonyl (C=O) groups is 3. The van der Waals surface area contributed by atoms with E-state index < -0.39 is 42.0 Å². The van der Waals surface area contributed by atoms with Crippen molar-refractivity contribution in [3.05, 3.63) is 29.9 Å². The fraction of sp³-hybridized carbons (Fsp3) is 0.444. The first-order valence-corrected chi connectivity index (χ1v) is 8.26. The van der Waals surface area contributed by atoms with Gasteiger partial charge in [-0.25, -0.2) is 0 Å². The molecule has 0 aliphatic heterocycles. The number of benzene rings is 1. The van der Waals surface area contributed by atoms with Gasteiger partial charge in [-0.15, -0.1) is 0 Å². The van der Waals surface area contributed by atoms with E-state index in [0.29, 0.717) is 12.8 Å². The summed E-state index contributed by atoms with van der Waals surface area (Å²) in [5.41, 5.74) is 5.13. The lowest BCUT2D eigenvalue weighted by atomic mass is 10.0. The van der Waals surface area contributed by atoms with E-state index in [4.69, 9.17) is 16.3 Å². The van der Waals surface area contributed by atoms with Crippen molar-refractivity contribution in [2.75, 3.05) is 0 Å². The van der Waals surface area contributed by atoms with Crippen LogP contribution in [0.25, 0.3) is 10.9 Å². The molecule has 2 amide bonds. The van der Waals surface area contributed by atoms with Crippen LogP contribution in [-0.4, -0.2) is 38.7 Å². The summed E-state index contributed by atoms with van der Waals surface area (Å²) < 4.78 is 33.5. The molecule has 2 rings (SSSR count). The molecule has 0 fully saturated rings. The Labute approximate surface area is 157 Å². The minimum absolute atomic E-state index is 0.0432. The maximum Gasteiger partial charge on any atom is 0.303 e. The SMILES string of the molecule is [2H]c1c([2H])c([2H])c2c(c(C(=O)N[C@H](C(N)=O)C(C)C)nn2CCCCC(=O)O)c1[2H]. The van der Waals surface area contributed by atoms with Gasteiger partial charge in [0.15, 0.2) is 5.69 Å². The quantitative estimate of drug-likeness (QED) is 0.582. The van der Waals surface area contributed by atoms with E-state index in [9.17, 15) is 14.4 Å². The molecule has 0 bridgehead atoms. The van der Waals surface area contributed by atoms with Gasteiger partial charge in [0.05, 0.1) is 11.0 Å². The molecule has 0 unspecified atom stereocenters. The van der Waals surface area contributed by atoms with Crippen molar-refractivity contribution < 1.29 is 25.0 Å². The van der Waals surface area contributed by atoms with Crippen molar-refractivity contribution in [3.63, 3.8) is 0 Å². The zero-order valence-electron chi connectivity index (χ0n) is 18.6. The molecule has 8 nitrogen and oxygen atoms in total. The second kappa shape index (κ2) is 8.46. The number of nitrogens with one attached hydrogen (secondary N) is 1. The molecule has 1 heterocycles. The lowest BCUT2D eigenvalue weighted by Gasteiger charge is -2.18. The van der Waals surface area contributed by atoms with E-state index >= 15 is 0 Å². The van der Waals surface area contributed by atoms with Gasteiger partial charge in [-0.3, -0.25) is 19.1 Å². The first kappa shape index (κ1) is 14.3. The topological polar surface area (TPSA) is 127 Å².